The minimum absolute atomic E-state index is 0.265. The maximum Gasteiger partial charge on any atom is 0.241 e. The van der Waals surface area contributed by atoms with Crippen LogP contribution in [-0.4, -0.2) is 39.0 Å². The number of hydrogen-bond donors (Lipinski definition) is 2. The van der Waals surface area contributed by atoms with Crippen molar-refractivity contribution in [1.82, 2.24) is 9.62 Å². The molecule has 1 fully saturated rings. The van der Waals surface area contributed by atoms with Crippen LogP contribution in [-0.2, 0) is 16.6 Å². The molecule has 1 atom stereocenters. The van der Waals surface area contributed by atoms with E-state index >= 15 is 0 Å². The highest BCUT2D eigenvalue weighted by molar-refractivity contribution is 9.10. The summed E-state index contributed by atoms with van der Waals surface area (Å²) in [7, 11) is -3.50. The molecule has 0 radical (unpaired) electrons. The summed E-state index contributed by atoms with van der Waals surface area (Å²) in [6.45, 7) is 4.97. The first-order valence-electron chi connectivity index (χ1n) is 7.20. The molecule has 1 saturated heterocycles. The number of nitrogens with two attached hydrogens (primary N) is 1. The maximum atomic E-state index is 12.4. The van der Waals surface area contributed by atoms with Crippen molar-refractivity contribution in [2.24, 2.45) is 5.73 Å². The van der Waals surface area contributed by atoms with Crippen molar-refractivity contribution in [3.63, 3.8) is 0 Å². The Kier molecular flexibility index (Phi) is 5.79. The average Bonchev–Trinajstić information content (AvgIpc) is 2.92. The molecule has 5 nitrogen and oxygen atoms in total. The summed E-state index contributed by atoms with van der Waals surface area (Å²) in [5.41, 5.74) is 6.46. The molecule has 3 N–H and O–H groups in total. The quantitative estimate of drug-likeness (QED) is 0.792. The van der Waals surface area contributed by atoms with Crippen molar-refractivity contribution in [2.45, 2.75) is 37.2 Å². The van der Waals surface area contributed by atoms with Gasteiger partial charge in [-0.15, -0.1) is 0 Å². The van der Waals surface area contributed by atoms with Crippen LogP contribution in [0.25, 0.3) is 0 Å². The number of rotatable bonds is 6. The molecule has 0 bridgehead atoms. The van der Waals surface area contributed by atoms with E-state index in [1.54, 1.807) is 18.2 Å². The van der Waals surface area contributed by atoms with E-state index in [1.807, 2.05) is 0 Å². The van der Waals surface area contributed by atoms with Gasteiger partial charge in [0.2, 0.25) is 10.0 Å². The van der Waals surface area contributed by atoms with Crippen LogP contribution in [0.1, 0.15) is 25.3 Å². The number of hydrogen-bond acceptors (Lipinski definition) is 4. The number of likely N-dealkylation sites (N-methyl/N-ethyl adjacent to an activating group) is 1. The summed E-state index contributed by atoms with van der Waals surface area (Å²) >= 11 is 3.32. The van der Waals surface area contributed by atoms with Gasteiger partial charge in [0.15, 0.2) is 0 Å². The van der Waals surface area contributed by atoms with Gasteiger partial charge in [0.1, 0.15) is 0 Å². The summed E-state index contributed by atoms with van der Waals surface area (Å²) in [5, 5.41) is 0. The molecule has 1 heterocycles. The monoisotopic (exact) mass is 375 g/mol. The first kappa shape index (κ1) is 16.9. The molecule has 118 valence electrons. The number of sulfonamides is 1. The number of likely N-dealkylation sites (tertiary alicyclic amines) is 1. The van der Waals surface area contributed by atoms with Crippen LogP contribution < -0.4 is 10.5 Å². The van der Waals surface area contributed by atoms with E-state index < -0.39 is 10.0 Å². The molecule has 1 aliphatic rings. The highest BCUT2D eigenvalue weighted by atomic mass is 79.9. The molecule has 0 saturated carbocycles. The van der Waals surface area contributed by atoms with Gasteiger partial charge in [-0.25, -0.2) is 13.1 Å². The third-order valence-corrected chi connectivity index (χ3v) is 6.34. The van der Waals surface area contributed by atoms with Crippen LogP contribution in [0.4, 0.5) is 0 Å². The molecule has 1 aliphatic heterocycles. The number of halogens is 1. The molecule has 0 aromatic heterocycles. The molecule has 1 aromatic carbocycles. The van der Waals surface area contributed by atoms with Crippen LogP contribution in [0.15, 0.2) is 27.6 Å². The summed E-state index contributed by atoms with van der Waals surface area (Å²) < 4.78 is 28.1. The van der Waals surface area contributed by atoms with Gasteiger partial charge in [-0.2, -0.15) is 0 Å². The molecule has 0 spiro atoms. The van der Waals surface area contributed by atoms with Crippen molar-refractivity contribution >= 4 is 26.0 Å². The van der Waals surface area contributed by atoms with E-state index in [-0.39, 0.29) is 4.90 Å². The molecule has 0 amide bonds. The van der Waals surface area contributed by atoms with Crippen molar-refractivity contribution in [1.29, 1.82) is 0 Å². The van der Waals surface area contributed by atoms with Gasteiger partial charge in [-0.1, -0.05) is 13.0 Å². The van der Waals surface area contributed by atoms with Gasteiger partial charge in [0, 0.05) is 23.6 Å². The molecule has 1 aromatic rings. The zero-order valence-corrected chi connectivity index (χ0v) is 14.6. The van der Waals surface area contributed by atoms with Gasteiger partial charge < -0.3 is 5.73 Å². The number of benzene rings is 1. The molecular formula is C14H22BrN3O2S. The lowest BCUT2D eigenvalue weighted by atomic mass is 10.2. The summed E-state index contributed by atoms with van der Waals surface area (Å²) in [6.07, 6.45) is 2.18. The SMILES string of the molecule is CCN1CCCC1CNS(=O)(=O)c1ccc(CN)cc1Br. The van der Waals surface area contributed by atoms with E-state index in [0.717, 1.165) is 31.5 Å². The Balaban J connectivity index is 2.08. The zero-order valence-electron chi connectivity index (χ0n) is 12.2. The highest BCUT2D eigenvalue weighted by Crippen LogP contribution is 2.23. The first-order valence-corrected chi connectivity index (χ1v) is 9.47. The predicted molar refractivity (Wildman–Crippen MR) is 87.5 cm³/mol. The Morgan fingerprint density at radius 1 is 1.48 bits per heavy atom. The van der Waals surface area contributed by atoms with Gasteiger partial charge >= 0.3 is 0 Å². The van der Waals surface area contributed by atoms with E-state index in [9.17, 15) is 8.42 Å². The van der Waals surface area contributed by atoms with Crippen LogP contribution in [0.3, 0.4) is 0 Å². The van der Waals surface area contributed by atoms with Crippen molar-refractivity contribution in [3.05, 3.63) is 28.2 Å². The first-order chi connectivity index (χ1) is 9.97. The molecule has 2 rings (SSSR count). The van der Waals surface area contributed by atoms with Crippen molar-refractivity contribution < 1.29 is 8.42 Å². The van der Waals surface area contributed by atoms with Crippen molar-refractivity contribution in [2.75, 3.05) is 19.6 Å². The predicted octanol–water partition coefficient (Wildman–Crippen LogP) is 1.67. The molecular weight excluding hydrogens is 354 g/mol. The second-order valence-corrected chi connectivity index (χ2v) is 7.84. The fourth-order valence-electron chi connectivity index (χ4n) is 2.72. The normalized spacial score (nSPS) is 20.0. The van der Waals surface area contributed by atoms with Gasteiger partial charge in [-0.3, -0.25) is 4.90 Å². The molecule has 7 heteroatoms. The number of nitrogens with zero attached hydrogens (tertiary/aromatic N) is 1. The average molecular weight is 376 g/mol. The van der Waals surface area contributed by atoms with Crippen LogP contribution in [0.5, 0.6) is 0 Å². The standard InChI is InChI=1S/C14H22BrN3O2S/c1-2-18-7-3-4-12(18)10-17-21(19,20)14-6-5-11(9-16)8-13(14)15/h5-6,8,12,17H,2-4,7,9-10,16H2,1H3. The summed E-state index contributed by atoms with van der Waals surface area (Å²) in [5.74, 6) is 0. The van der Waals surface area contributed by atoms with Crippen LogP contribution in [0.2, 0.25) is 0 Å². The Morgan fingerprint density at radius 3 is 2.86 bits per heavy atom. The van der Waals surface area contributed by atoms with E-state index in [1.165, 1.54) is 0 Å². The third-order valence-electron chi connectivity index (χ3n) is 3.94. The topological polar surface area (TPSA) is 75.4 Å². The lowest BCUT2D eigenvalue weighted by molar-refractivity contribution is 0.268. The zero-order chi connectivity index (χ0) is 15.5. The molecule has 1 unspecified atom stereocenters. The highest BCUT2D eigenvalue weighted by Gasteiger charge is 2.25. The number of nitrogens with one attached hydrogen (secondary N) is 1. The second kappa shape index (κ2) is 7.19. The minimum Gasteiger partial charge on any atom is -0.326 e. The second-order valence-electron chi connectivity index (χ2n) is 5.25. The summed E-state index contributed by atoms with van der Waals surface area (Å²) in [6, 6.07) is 5.39. The Bertz CT molecular complexity index is 592. The Hall–Kier alpha value is -0.470. The van der Waals surface area contributed by atoms with Gasteiger partial charge in [-0.05, 0) is 59.6 Å². The Labute approximate surface area is 135 Å². The smallest absolute Gasteiger partial charge is 0.241 e. The largest absolute Gasteiger partial charge is 0.326 e. The lowest BCUT2D eigenvalue weighted by Gasteiger charge is -2.23. The van der Waals surface area contributed by atoms with Gasteiger partial charge in [0.25, 0.3) is 0 Å². The van der Waals surface area contributed by atoms with E-state index in [0.29, 0.717) is 23.6 Å². The van der Waals surface area contributed by atoms with Gasteiger partial charge in [0.05, 0.1) is 4.90 Å². The van der Waals surface area contributed by atoms with E-state index in [2.05, 4.69) is 32.5 Å². The fraction of sp³-hybridized carbons (Fsp3) is 0.571. The van der Waals surface area contributed by atoms with Crippen LogP contribution in [0, 0.1) is 0 Å². The fourth-order valence-corrected chi connectivity index (χ4v) is 4.91. The van der Waals surface area contributed by atoms with Crippen molar-refractivity contribution in [3.8, 4) is 0 Å². The third kappa shape index (κ3) is 4.04. The molecule has 0 aliphatic carbocycles. The van der Waals surface area contributed by atoms with Crippen LogP contribution >= 0.6 is 15.9 Å². The lowest BCUT2D eigenvalue weighted by Crippen LogP contribution is -2.40. The summed E-state index contributed by atoms with van der Waals surface area (Å²) in [4.78, 5) is 2.58. The minimum atomic E-state index is -3.50. The van der Waals surface area contributed by atoms with E-state index in [4.69, 9.17) is 5.73 Å². The molecule has 21 heavy (non-hydrogen) atoms. The maximum absolute atomic E-state index is 12.4. The Morgan fingerprint density at radius 2 is 2.24 bits per heavy atom.